The Morgan fingerprint density at radius 3 is 2.08 bits per heavy atom. The van der Waals surface area contributed by atoms with E-state index in [0.29, 0.717) is 6.17 Å². The van der Waals surface area contributed by atoms with Gasteiger partial charge in [-0.3, -0.25) is 14.8 Å². The number of nitrogens with zero attached hydrogens (tertiary/aromatic N) is 3. The zero-order valence-electron chi connectivity index (χ0n) is 8.91. The third-order valence-electron chi connectivity index (χ3n) is 1.77. The van der Waals surface area contributed by atoms with Gasteiger partial charge in [-0.2, -0.15) is 0 Å². The van der Waals surface area contributed by atoms with E-state index >= 15 is 0 Å². The molecule has 0 aliphatic heterocycles. The van der Waals surface area contributed by atoms with Crippen molar-refractivity contribution in [3.63, 3.8) is 0 Å². The van der Waals surface area contributed by atoms with Crippen LogP contribution in [0.3, 0.4) is 0 Å². The maximum absolute atomic E-state index is 4.36. The van der Waals surface area contributed by atoms with Gasteiger partial charge in [0.1, 0.15) is 0 Å². The first-order chi connectivity index (χ1) is 5.59. The molecule has 0 rings (SSSR count). The molecule has 0 amide bonds. The first kappa shape index (κ1) is 11.8. The third-order valence-corrected chi connectivity index (χ3v) is 2.14. The van der Waals surface area contributed by atoms with E-state index in [4.69, 9.17) is 0 Å². The number of hydrogen-bond acceptors (Lipinski definition) is 3. The largest absolute Gasteiger partial charge is 0.295 e. The fourth-order valence-electron chi connectivity index (χ4n) is 1.09. The molecule has 0 N–H and O–H groups in total. The van der Waals surface area contributed by atoms with Crippen LogP contribution in [0.25, 0.3) is 0 Å². The van der Waals surface area contributed by atoms with E-state index in [2.05, 4.69) is 43.0 Å². The highest BCUT2D eigenvalue weighted by Gasteiger charge is 2.11. The summed E-state index contributed by atoms with van der Waals surface area (Å²) in [5, 5.41) is 0. The summed E-state index contributed by atoms with van der Waals surface area (Å²) >= 11 is 0. The predicted octanol–water partition coefficient (Wildman–Crippen LogP) is -0.710. The van der Waals surface area contributed by atoms with Gasteiger partial charge in [0, 0.05) is 10.2 Å². The monoisotopic (exact) mass is 187 g/mol. The molecule has 0 radical (unpaired) electrons. The van der Waals surface area contributed by atoms with Gasteiger partial charge in [0.25, 0.3) is 0 Å². The average molecular weight is 187 g/mol. The molecular weight excluding hydrogens is 166 g/mol. The van der Waals surface area contributed by atoms with Crippen molar-refractivity contribution in [2.24, 2.45) is 4.99 Å². The minimum Gasteiger partial charge on any atom is -0.295 e. The molecule has 0 atom stereocenters. The minimum absolute atomic E-state index is 0.425. The second kappa shape index (κ2) is 6.34. The van der Waals surface area contributed by atoms with Crippen molar-refractivity contribution < 1.29 is 0 Å². The van der Waals surface area contributed by atoms with E-state index in [0.717, 1.165) is 12.6 Å². The molecule has 4 heteroatoms. The molecule has 3 nitrogen and oxygen atoms in total. The Bertz CT molecular complexity index is 126. The maximum Gasteiger partial charge on any atom is 0.0813 e. The van der Waals surface area contributed by atoms with Gasteiger partial charge in [0.15, 0.2) is 0 Å². The van der Waals surface area contributed by atoms with Crippen molar-refractivity contribution in [2.75, 3.05) is 34.7 Å². The summed E-state index contributed by atoms with van der Waals surface area (Å²) in [7, 11) is 9.55. The van der Waals surface area contributed by atoms with Crippen LogP contribution < -0.4 is 0 Å². The first-order valence-electron chi connectivity index (χ1n) is 4.40. The second-order valence-corrected chi connectivity index (χ2v) is 4.18. The molecule has 0 unspecified atom stereocenters. The van der Waals surface area contributed by atoms with Crippen LogP contribution in [0.1, 0.15) is 0 Å². The van der Waals surface area contributed by atoms with Crippen LogP contribution in [-0.2, 0) is 0 Å². The standard InChI is InChI=1S/C8H21N3Si/c1-10(2)8(11(3)4)7-9-5-6-12/h5,8H,6-7H2,1-4,12H3. The van der Waals surface area contributed by atoms with E-state index in [1.54, 1.807) is 0 Å². The van der Waals surface area contributed by atoms with Gasteiger partial charge in [0.2, 0.25) is 0 Å². The normalized spacial score (nSPS) is 12.9. The summed E-state index contributed by atoms with van der Waals surface area (Å²) in [5.41, 5.74) is 0. The van der Waals surface area contributed by atoms with Crippen molar-refractivity contribution in [1.82, 2.24) is 9.80 Å². The van der Waals surface area contributed by atoms with Crippen molar-refractivity contribution in [3.05, 3.63) is 0 Å². The predicted molar refractivity (Wildman–Crippen MR) is 59.3 cm³/mol. The molecule has 72 valence electrons. The van der Waals surface area contributed by atoms with Gasteiger partial charge >= 0.3 is 0 Å². The van der Waals surface area contributed by atoms with Crippen LogP contribution in [-0.4, -0.2) is 67.2 Å². The molecule has 0 saturated heterocycles. The Labute approximate surface area is 78.9 Å². The summed E-state index contributed by atoms with van der Waals surface area (Å²) in [5.74, 6) is 0. The highest BCUT2D eigenvalue weighted by molar-refractivity contribution is 6.16. The Balaban J connectivity index is 3.88. The lowest BCUT2D eigenvalue weighted by Gasteiger charge is -2.28. The van der Waals surface area contributed by atoms with E-state index in [-0.39, 0.29) is 0 Å². The lowest BCUT2D eigenvalue weighted by molar-refractivity contribution is 0.137. The van der Waals surface area contributed by atoms with Crippen molar-refractivity contribution >= 4 is 16.5 Å². The smallest absolute Gasteiger partial charge is 0.0813 e. The highest BCUT2D eigenvalue weighted by Crippen LogP contribution is 1.96. The van der Waals surface area contributed by atoms with Crippen molar-refractivity contribution in [3.8, 4) is 0 Å². The van der Waals surface area contributed by atoms with Crippen molar-refractivity contribution in [2.45, 2.75) is 12.2 Å². The molecule has 0 heterocycles. The van der Waals surface area contributed by atoms with Crippen LogP contribution in [0.2, 0.25) is 6.04 Å². The lowest BCUT2D eigenvalue weighted by atomic mass is 10.4. The fourth-order valence-corrected chi connectivity index (χ4v) is 1.34. The van der Waals surface area contributed by atoms with Gasteiger partial charge in [-0.1, -0.05) is 0 Å². The second-order valence-electron chi connectivity index (χ2n) is 3.36. The number of rotatable bonds is 5. The molecule has 0 aliphatic rings. The molecule has 0 spiro atoms. The van der Waals surface area contributed by atoms with Gasteiger partial charge in [-0.15, -0.1) is 0 Å². The number of aliphatic imine (C=N–C) groups is 1. The summed E-state index contributed by atoms with van der Waals surface area (Å²) in [4.78, 5) is 8.73. The summed E-state index contributed by atoms with van der Waals surface area (Å²) < 4.78 is 0. The third kappa shape index (κ3) is 4.64. The number of likely N-dealkylation sites (N-methyl/N-ethyl adjacent to an activating group) is 2. The van der Waals surface area contributed by atoms with Crippen LogP contribution in [0.15, 0.2) is 4.99 Å². The Hall–Kier alpha value is -0.193. The molecule has 0 bridgehead atoms. The van der Waals surface area contributed by atoms with Crippen LogP contribution in [0, 0.1) is 0 Å². The molecule has 0 fully saturated rings. The van der Waals surface area contributed by atoms with Crippen LogP contribution in [0.5, 0.6) is 0 Å². The first-order valence-corrected chi connectivity index (χ1v) is 5.82. The topological polar surface area (TPSA) is 18.8 Å². The molecule has 0 aromatic heterocycles. The van der Waals surface area contributed by atoms with E-state index in [1.165, 1.54) is 10.2 Å². The SMILES string of the molecule is CN(C)C(CN=CC[SiH3])N(C)C. The summed E-state index contributed by atoms with van der Waals surface area (Å²) in [6.45, 7) is 0.877. The Morgan fingerprint density at radius 1 is 1.25 bits per heavy atom. The van der Waals surface area contributed by atoms with Crippen LogP contribution in [0.4, 0.5) is 0 Å². The van der Waals surface area contributed by atoms with Gasteiger partial charge < -0.3 is 0 Å². The van der Waals surface area contributed by atoms with Gasteiger partial charge in [0.05, 0.1) is 12.7 Å². The molecule has 0 aromatic rings. The van der Waals surface area contributed by atoms with Crippen LogP contribution >= 0.6 is 0 Å². The maximum atomic E-state index is 4.36. The van der Waals surface area contributed by atoms with E-state index < -0.39 is 0 Å². The Morgan fingerprint density at radius 2 is 1.75 bits per heavy atom. The van der Waals surface area contributed by atoms with Gasteiger partial charge in [-0.05, 0) is 40.4 Å². The minimum atomic E-state index is 0.425. The molecular formula is C8H21N3Si. The quantitative estimate of drug-likeness (QED) is 0.322. The summed E-state index contributed by atoms with van der Waals surface area (Å²) in [6, 6.07) is 1.16. The van der Waals surface area contributed by atoms with Gasteiger partial charge in [-0.25, -0.2) is 0 Å². The molecule has 0 aromatic carbocycles. The zero-order valence-corrected chi connectivity index (χ0v) is 10.9. The van der Waals surface area contributed by atoms with Crippen molar-refractivity contribution in [1.29, 1.82) is 0 Å². The molecule has 0 aliphatic carbocycles. The fraction of sp³-hybridized carbons (Fsp3) is 0.875. The van der Waals surface area contributed by atoms with E-state index in [9.17, 15) is 0 Å². The molecule has 12 heavy (non-hydrogen) atoms. The highest BCUT2D eigenvalue weighted by atomic mass is 28.1. The Kier molecular flexibility index (Phi) is 6.23. The van der Waals surface area contributed by atoms with E-state index in [1.807, 2.05) is 6.21 Å². The molecule has 0 saturated carbocycles. The summed E-state index contributed by atoms with van der Waals surface area (Å²) in [6.07, 6.45) is 2.46. The number of hydrogen-bond donors (Lipinski definition) is 0. The lowest BCUT2D eigenvalue weighted by Crippen LogP contribution is -2.42. The zero-order chi connectivity index (χ0) is 9.56. The average Bonchev–Trinajstić information content (AvgIpc) is 1.96.